The summed E-state index contributed by atoms with van der Waals surface area (Å²) in [7, 11) is 0. The normalized spacial score (nSPS) is 16.9. The second kappa shape index (κ2) is 8.17. The van der Waals surface area contributed by atoms with E-state index in [1.807, 2.05) is 30.3 Å². The predicted octanol–water partition coefficient (Wildman–Crippen LogP) is 1.38. The van der Waals surface area contributed by atoms with E-state index < -0.39 is 18.1 Å². The fourth-order valence-electron chi connectivity index (χ4n) is 2.51. The molecule has 1 heterocycles. The molecular formula is C16H20N2O5. The predicted molar refractivity (Wildman–Crippen MR) is 81.6 cm³/mol. The molecule has 2 N–H and O–H groups in total. The first-order valence-corrected chi connectivity index (χ1v) is 7.55. The fourth-order valence-corrected chi connectivity index (χ4v) is 2.51. The highest BCUT2D eigenvalue weighted by Crippen LogP contribution is 2.18. The van der Waals surface area contributed by atoms with Crippen LogP contribution in [0.1, 0.15) is 24.8 Å². The highest BCUT2D eigenvalue weighted by atomic mass is 16.5. The Morgan fingerprint density at radius 1 is 1.26 bits per heavy atom. The second-order valence-corrected chi connectivity index (χ2v) is 5.32. The van der Waals surface area contributed by atoms with Crippen molar-refractivity contribution >= 4 is 18.0 Å². The number of hydrogen-bond donors (Lipinski definition) is 2. The molecule has 124 valence electrons. The topological polar surface area (TPSA) is 95.9 Å². The van der Waals surface area contributed by atoms with Crippen LogP contribution in [0, 0.1) is 0 Å². The van der Waals surface area contributed by atoms with Crippen molar-refractivity contribution in [1.82, 2.24) is 10.2 Å². The van der Waals surface area contributed by atoms with Gasteiger partial charge in [-0.15, -0.1) is 0 Å². The van der Waals surface area contributed by atoms with E-state index in [1.165, 1.54) is 4.90 Å². The maximum Gasteiger partial charge on any atom is 0.407 e. The molecule has 0 aromatic heterocycles. The maximum atomic E-state index is 12.0. The van der Waals surface area contributed by atoms with Gasteiger partial charge in [-0.1, -0.05) is 30.3 Å². The third-order valence-electron chi connectivity index (χ3n) is 3.68. The van der Waals surface area contributed by atoms with E-state index in [0.717, 1.165) is 5.56 Å². The van der Waals surface area contributed by atoms with Crippen LogP contribution < -0.4 is 5.32 Å². The summed E-state index contributed by atoms with van der Waals surface area (Å²) in [5.41, 5.74) is 0.875. The molecule has 0 aliphatic carbocycles. The Morgan fingerprint density at radius 3 is 2.70 bits per heavy atom. The lowest BCUT2D eigenvalue weighted by Crippen LogP contribution is -2.41. The average Bonchev–Trinajstić information content (AvgIpc) is 3.04. The van der Waals surface area contributed by atoms with E-state index >= 15 is 0 Å². The third kappa shape index (κ3) is 4.98. The van der Waals surface area contributed by atoms with Gasteiger partial charge in [0.1, 0.15) is 12.6 Å². The molecule has 0 unspecified atom stereocenters. The summed E-state index contributed by atoms with van der Waals surface area (Å²) >= 11 is 0. The van der Waals surface area contributed by atoms with Gasteiger partial charge in [0.2, 0.25) is 5.91 Å². The molecule has 23 heavy (non-hydrogen) atoms. The van der Waals surface area contributed by atoms with Crippen LogP contribution in [-0.2, 0) is 20.9 Å². The maximum absolute atomic E-state index is 12.0. The minimum atomic E-state index is -0.980. The lowest BCUT2D eigenvalue weighted by Gasteiger charge is -2.21. The molecule has 1 fully saturated rings. The van der Waals surface area contributed by atoms with Gasteiger partial charge in [-0.2, -0.15) is 0 Å². The Bertz CT molecular complexity index is 561. The van der Waals surface area contributed by atoms with Gasteiger partial charge in [0, 0.05) is 19.5 Å². The van der Waals surface area contributed by atoms with E-state index in [1.54, 1.807) is 0 Å². The summed E-state index contributed by atoms with van der Waals surface area (Å²) in [4.78, 5) is 35.9. The number of amides is 2. The smallest absolute Gasteiger partial charge is 0.407 e. The number of rotatable bonds is 6. The molecular weight excluding hydrogens is 300 g/mol. The molecule has 2 rings (SSSR count). The highest BCUT2D eigenvalue weighted by Gasteiger charge is 2.33. The van der Waals surface area contributed by atoms with Gasteiger partial charge >= 0.3 is 12.1 Å². The number of nitrogens with one attached hydrogen (secondary N) is 1. The van der Waals surface area contributed by atoms with Gasteiger partial charge in [0.15, 0.2) is 0 Å². The number of hydrogen-bond acceptors (Lipinski definition) is 4. The Morgan fingerprint density at radius 2 is 2.00 bits per heavy atom. The molecule has 0 radical (unpaired) electrons. The Balaban J connectivity index is 1.67. The summed E-state index contributed by atoms with van der Waals surface area (Å²) in [6.45, 7) is 0.734. The zero-order valence-electron chi connectivity index (χ0n) is 12.7. The quantitative estimate of drug-likeness (QED) is 0.825. The van der Waals surface area contributed by atoms with Crippen molar-refractivity contribution < 1.29 is 24.2 Å². The molecule has 2 amide bonds. The van der Waals surface area contributed by atoms with Gasteiger partial charge in [0.05, 0.1) is 0 Å². The summed E-state index contributed by atoms with van der Waals surface area (Å²) in [5.74, 6) is -1.25. The third-order valence-corrected chi connectivity index (χ3v) is 3.68. The first-order chi connectivity index (χ1) is 11.1. The molecule has 1 aliphatic heterocycles. The number of benzene rings is 1. The molecule has 0 saturated carbocycles. The van der Waals surface area contributed by atoms with Gasteiger partial charge in [0.25, 0.3) is 0 Å². The van der Waals surface area contributed by atoms with Crippen molar-refractivity contribution in [3.8, 4) is 0 Å². The first-order valence-electron chi connectivity index (χ1n) is 7.55. The summed E-state index contributed by atoms with van der Waals surface area (Å²) in [5, 5.41) is 11.5. The molecule has 1 aromatic rings. The van der Waals surface area contributed by atoms with Crippen LogP contribution in [-0.4, -0.2) is 47.1 Å². The van der Waals surface area contributed by atoms with E-state index in [0.29, 0.717) is 19.4 Å². The van der Waals surface area contributed by atoms with Crippen molar-refractivity contribution in [1.29, 1.82) is 0 Å². The molecule has 1 aromatic carbocycles. The molecule has 1 atom stereocenters. The van der Waals surface area contributed by atoms with Crippen LogP contribution in [0.15, 0.2) is 30.3 Å². The van der Waals surface area contributed by atoms with Crippen molar-refractivity contribution in [3.63, 3.8) is 0 Å². The molecule has 0 spiro atoms. The number of nitrogens with zero attached hydrogens (tertiary/aromatic N) is 1. The summed E-state index contributed by atoms with van der Waals surface area (Å²) < 4.78 is 5.03. The van der Waals surface area contributed by atoms with Gasteiger partial charge < -0.3 is 20.1 Å². The lowest BCUT2D eigenvalue weighted by atomic mass is 10.2. The number of aliphatic carboxylic acids is 1. The molecule has 7 heteroatoms. The molecule has 7 nitrogen and oxygen atoms in total. The SMILES string of the molecule is O=C(NCCC(=O)N1CCC[C@@H]1C(=O)O)OCc1ccccc1. The number of likely N-dealkylation sites (tertiary alicyclic amines) is 1. The van der Waals surface area contributed by atoms with Crippen LogP contribution in [0.25, 0.3) is 0 Å². The largest absolute Gasteiger partial charge is 0.480 e. The van der Waals surface area contributed by atoms with Crippen molar-refractivity contribution in [2.24, 2.45) is 0 Å². The van der Waals surface area contributed by atoms with Crippen molar-refractivity contribution in [2.45, 2.75) is 31.9 Å². The Labute approximate surface area is 134 Å². The zero-order chi connectivity index (χ0) is 16.7. The van der Waals surface area contributed by atoms with Crippen LogP contribution in [0.5, 0.6) is 0 Å². The van der Waals surface area contributed by atoms with E-state index in [9.17, 15) is 14.4 Å². The fraction of sp³-hybridized carbons (Fsp3) is 0.438. The number of carboxylic acid groups (broad SMARTS) is 1. The minimum Gasteiger partial charge on any atom is -0.480 e. The number of carboxylic acids is 1. The molecule has 0 bridgehead atoms. The molecule has 1 saturated heterocycles. The number of carbonyl (C=O) groups excluding carboxylic acids is 2. The van der Waals surface area contributed by atoms with Crippen molar-refractivity contribution in [2.75, 3.05) is 13.1 Å². The number of carbonyl (C=O) groups is 3. The van der Waals surface area contributed by atoms with E-state index in [-0.39, 0.29) is 25.5 Å². The zero-order valence-corrected chi connectivity index (χ0v) is 12.7. The summed E-state index contributed by atoms with van der Waals surface area (Å²) in [6.07, 6.45) is 0.630. The van der Waals surface area contributed by atoms with E-state index in [4.69, 9.17) is 9.84 Å². The monoisotopic (exact) mass is 320 g/mol. The highest BCUT2D eigenvalue weighted by molar-refractivity contribution is 5.84. The van der Waals surface area contributed by atoms with Gasteiger partial charge in [-0.25, -0.2) is 9.59 Å². The van der Waals surface area contributed by atoms with Crippen LogP contribution in [0.4, 0.5) is 4.79 Å². The first kappa shape index (κ1) is 16.8. The van der Waals surface area contributed by atoms with Crippen LogP contribution >= 0.6 is 0 Å². The lowest BCUT2D eigenvalue weighted by molar-refractivity contribution is -0.148. The van der Waals surface area contributed by atoms with Crippen molar-refractivity contribution in [3.05, 3.63) is 35.9 Å². The van der Waals surface area contributed by atoms with Crippen LogP contribution in [0.3, 0.4) is 0 Å². The molecule has 1 aliphatic rings. The Hall–Kier alpha value is -2.57. The van der Waals surface area contributed by atoms with Gasteiger partial charge in [-0.05, 0) is 18.4 Å². The number of alkyl carbamates (subject to hydrolysis) is 1. The van der Waals surface area contributed by atoms with Gasteiger partial charge in [-0.3, -0.25) is 4.79 Å². The second-order valence-electron chi connectivity index (χ2n) is 5.32. The van der Waals surface area contributed by atoms with Crippen LogP contribution in [0.2, 0.25) is 0 Å². The summed E-state index contributed by atoms with van der Waals surface area (Å²) in [6, 6.07) is 8.52. The average molecular weight is 320 g/mol. The number of ether oxygens (including phenoxy) is 1. The standard InChI is InChI=1S/C16H20N2O5/c19-14(18-10-4-7-13(18)15(20)21)8-9-17-16(22)23-11-12-5-2-1-3-6-12/h1-3,5-6,13H,4,7-11H2,(H,17,22)(H,20,21)/t13-/m1/s1. The van der Waals surface area contributed by atoms with E-state index in [2.05, 4.69) is 5.32 Å². The Kier molecular flexibility index (Phi) is 5.96. The minimum absolute atomic E-state index is 0.0597.